The van der Waals surface area contributed by atoms with E-state index in [2.05, 4.69) is 20.1 Å². The van der Waals surface area contributed by atoms with E-state index in [0.717, 1.165) is 19.3 Å². The Labute approximate surface area is 64.1 Å². The maximum Gasteiger partial charge on any atom is 0.132 e. The third-order valence-corrected chi connectivity index (χ3v) is 1.20. The molecule has 0 saturated carbocycles. The summed E-state index contributed by atoms with van der Waals surface area (Å²) >= 11 is 0. The van der Waals surface area contributed by atoms with E-state index in [1.807, 2.05) is 6.92 Å². The molecule has 0 aliphatic heterocycles. The zero-order chi connectivity index (χ0) is 8.41. The van der Waals surface area contributed by atoms with Crippen molar-refractivity contribution in [1.29, 1.82) is 0 Å². The SMILES string of the molecule is C=C.CCCCC(=O)CC. The maximum atomic E-state index is 10.6. The zero-order valence-corrected chi connectivity index (χ0v) is 7.15. The highest BCUT2D eigenvalue weighted by atomic mass is 16.1. The predicted molar refractivity (Wildman–Crippen MR) is 46.1 cm³/mol. The molecule has 1 heteroatoms. The Morgan fingerprint density at radius 1 is 1.30 bits per heavy atom. The number of hydrogen-bond acceptors (Lipinski definition) is 1. The van der Waals surface area contributed by atoms with Crippen molar-refractivity contribution in [3.63, 3.8) is 0 Å². The Bertz CT molecular complexity index is 76.8. The first-order valence-electron chi connectivity index (χ1n) is 3.83. The van der Waals surface area contributed by atoms with Crippen molar-refractivity contribution in [3.8, 4) is 0 Å². The molecule has 0 fully saturated rings. The molecule has 0 N–H and O–H groups in total. The van der Waals surface area contributed by atoms with Gasteiger partial charge in [0.1, 0.15) is 5.78 Å². The quantitative estimate of drug-likeness (QED) is 0.551. The van der Waals surface area contributed by atoms with E-state index < -0.39 is 0 Å². The Kier molecular flexibility index (Phi) is 13.6. The summed E-state index contributed by atoms with van der Waals surface area (Å²) in [5, 5.41) is 0. The second kappa shape index (κ2) is 11.2. The van der Waals surface area contributed by atoms with Gasteiger partial charge in [-0.05, 0) is 6.42 Å². The second-order valence-electron chi connectivity index (χ2n) is 2.00. The van der Waals surface area contributed by atoms with Crippen molar-refractivity contribution >= 4 is 5.78 Å². The van der Waals surface area contributed by atoms with E-state index >= 15 is 0 Å². The number of Topliss-reactive ketones (excluding diaryl/α,β-unsaturated/α-hetero) is 1. The molecule has 0 aromatic rings. The summed E-state index contributed by atoms with van der Waals surface area (Å²) < 4.78 is 0. The van der Waals surface area contributed by atoms with Gasteiger partial charge in [-0.1, -0.05) is 20.3 Å². The summed E-state index contributed by atoms with van der Waals surface area (Å²) in [4.78, 5) is 10.6. The fraction of sp³-hybridized carbons (Fsp3) is 0.667. The van der Waals surface area contributed by atoms with E-state index in [0.29, 0.717) is 12.2 Å². The smallest absolute Gasteiger partial charge is 0.132 e. The minimum absolute atomic E-state index is 0.395. The van der Waals surface area contributed by atoms with Crippen LogP contribution in [0.2, 0.25) is 0 Å². The summed E-state index contributed by atoms with van der Waals surface area (Å²) in [6.45, 7) is 10.0. The number of ketones is 1. The molecule has 0 aliphatic rings. The minimum atomic E-state index is 0.395. The van der Waals surface area contributed by atoms with E-state index in [9.17, 15) is 4.79 Å². The molecule has 0 heterocycles. The van der Waals surface area contributed by atoms with Gasteiger partial charge in [-0.25, -0.2) is 0 Å². The van der Waals surface area contributed by atoms with Crippen LogP contribution in [0, 0.1) is 0 Å². The lowest BCUT2D eigenvalue weighted by molar-refractivity contribution is -0.118. The number of carbonyl (C=O) groups is 1. The fourth-order valence-corrected chi connectivity index (χ4v) is 0.551. The second-order valence-corrected chi connectivity index (χ2v) is 2.00. The molecule has 0 bridgehead atoms. The molecular formula is C9H18O. The molecule has 0 aliphatic carbocycles. The summed E-state index contributed by atoms with van der Waals surface area (Å²) in [5.74, 6) is 0.395. The summed E-state index contributed by atoms with van der Waals surface area (Å²) in [7, 11) is 0. The lowest BCUT2D eigenvalue weighted by Crippen LogP contribution is -1.92. The van der Waals surface area contributed by atoms with Crippen LogP contribution in [0.25, 0.3) is 0 Å². The van der Waals surface area contributed by atoms with E-state index in [4.69, 9.17) is 0 Å². The third-order valence-electron chi connectivity index (χ3n) is 1.20. The van der Waals surface area contributed by atoms with E-state index in [1.54, 1.807) is 0 Å². The summed E-state index contributed by atoms with van der Waals surface area (Å²) in [6, 6.07) is 0. The molecule has 0 atom stereocenters. The highest BCUT2D eigenvalue weighted by Crippen LogP contribution is 1.96. The Balaban J connectivity index is 0. The van der Waals surface area contributed by atoms with Crippen LogP contribution in [-0.4, -0.2) is 5.78 Å². The van der Waals surface area contributed by atoms with Crippen molar-refractivity contribution in [2.24, 2.45) is 0 Å². The van der Waals surface area contributed by atoms with E-state index in [-0.39, 0.29) is 0 Å². The summed E-state index contributed by atoms with van der Waals surface area (Å²) in [6.07, 6.45) is 3.69. The van der Waals surface area contributed by atoms with Gasteiger partial charge in [-0.2, -0.15) is 0 Å². The van der Waals surface area contributed by atoms with Gasteiger partial charge in [0, 0.05) is 12.8 Å². The van der Waals surface area contributed by atoms with Gasteiger partial charge in [-0.3, -0.25) is 4.79 Å². The van der Waals surface area contributed by atoms with Crippen LogP contribution in [0.4, 0.5) is 0 Å². The van der Waals surface area contributed by atoms with Gasteiger partial charge in [0.2, 0.25) is 0 Å². The molecule has 10 heavy (non-hydrogen) atoms. The van der Waals surface area contributed by atoms with Crippen LogP contribution in [0.3, 0.4) is 0 Å². The maximum absolute atomic E-state index is 10.6. The standard InChI is InChI=1S/C7H14O.C2H4/c1-3-5-6-7(8)4-2;1-2/h3-6H2,1-2H3;1-2H2. The zero-order valence-electron chi connectivity index (χ0n) is 7.15. The molecule has 0 aromatic heterocycles. The topological polar surface area (TPSA) is 17.1 Å². The van der Waals surface area contributed by atoms with Crippen LogP contribution in [-0.2, 0) is 4.79 Å². The molecule has 0 rings (SSSR count). The first kappa shape index (κ1) is 12.1. The average molecular weight is 142 g/mol. The van der Waals surface area contributed by atoms with Crippen LogP contribution < -0.4 is 0 Å². The molecule has 0 unspecified atom stereocenters. The van der Waals surface area contributed by atoms with Crippen molar-refractivity contribution in [2.45, 2.75) is 39.5 Å². The van der Waals surface area contributed by atoms with Crippen molar-refractivity contribution in [1.82, 2.24) is 0 Å². The number of hydrogen-bond donors (Lipinski definition) is 0. The lowest BCUT2D eigenvalue weighted by Gasteiger charge is -1.91. The molecule has 0 aromatic carbocycles. The Hall–Kier alpha value is -0.590. The molecule has 1 nitrogen and oxygen atoms in total. The fourth-order valence-electron chi connectivity index (χ4n) is 0.551. The van der Waals surface area contributed by atoms with Crippen LogP contribution in [0.1, 0.15) is 39.5 Å². The largest absolute Gasteiger partial charge is 0.300 e. The van der Waals surface area contributed by atoms with Gasteiger partial charge in [-0.15, -0.1) is 13.2 Å². The Morgan fingerprint density at radius 3 is 2.10 bits per heavy atom. The first-order valence-corrected chi connectivity index (χ1v) is 3.83. The van der Waals surface area contributed by atoms with Crippen molar-refractivity contribution in [3.05, 3.63) is 13.2 Å². The molecule has 0 amide bonds. The molecule has 60 valence electrons. The molecule has 0 radical (unpaired) electrons. The Morgan fingerprint density at radius 2 is 1.80 bits per heavy atom. The van der Waals surface area contributed by atoms with Gasteiger partial charge in [0.15, 0.2) is 0 Å². The minimum Gasteiger partial charge on any atom is -0.300 e. The van der Waals surface area contributed by atoms with Crippen LogP contribution in [0.15, 0.2) is 13.2 Å². The molecule has 0 saturated heterocycles. The normalized spacial score (nSPS) is 7.80. The predicted octanol–water partition coefficient (Wildman–Crippen LogP) is 2.96. The van der Waals surface area contributed by atoms with E-state index in [1.165, 1.54) is 0 Å². The number of unbranched alkanes of at least 4 members (excludes halogenated alkanes) is 1. The van der Waals surface area contributed by atoms with Gasteiger partial charge < -0.3 is 0 Å². The van der Waals surface area contributed by atoms with Crippen molar-refractivity contribution < 1.29 is 4.79 Å². The number of rotatable bonds is 4. The lowest BCUT2D eigenvalue weighted by atomic mass is 10.1. The summed E-state index contributed by atoms with van der Waals surface area (Å²) in [5.41, 5.74) is 0. The monoisotopic (exact) mass is 142 g/mol. The van der Waals surface area contributed by atoms with Gasteiger partial charge in [0.25, 0.3) is 0 Å². The van der Waals surface area contributed by atoms with Crippen molar-refractivity contribution in [2.75, 3.05) is 0 Å². The van der Waals surface area contributed by atoms with Gasteiger partial charge >= 0.3 is 0 Å². The first-order chi connectivity index (χ1) is 4.81. The molecular weight excluding hydrogens is 124 g/mol. The number of carbonyl (C=O) groups excluding carboxylic acids is 1. The van der Waals surface area contributed by atoms with Crippen LogP contribution in [0.5, 0.6) is 0 Å². The van der Waals surface area contributed by atoms with Gasteiger partial charge in [0.05, 0.1) is 0 Å². The highest BCUT2D eigenvalue weighted by Gasteiger charge is 1.93. The van der Waals surface area contributed by atoms with Crippen LogP contribution >= 0.6 is 0 Å². The third kappa shape index (κ3) is 10.4. The molecule has 0 spiro atoms. The highest BCUT2D eigenvalue weighted by molar-refractivity contribution is 5.77. The average Bonchev–Trinajstić information content (AvgIpc) is 2.04.